The van der Waals surface area contributed by atoms with Crippen molar-refractivity contribution in [1.82, 2.24) is 0 Å². The van der Waals surface area contributed by atoms with Crippen LogP contribution in [0.2, 0.25) is 0 Å². The Balaban J connectivity index is 1.56. The molecule has 0 unspecified atom stereocenters. The number of benzene rings is 4. The van der Waals surface area contributed by atoms with Gasteiger partial charge in [-0.2, -0.15) is 0 Å². The van der Waals surface area contributed by atoms with Gasteiger partial charge in [0.2, 0.25) is 0 Å². The van der Waals surface area contributed by atoms with Crippen LogP contribution in [0.25, 0.3) is 22.3 Å². The van der Waals surface area contributed by atoms with Crippen LogP contribution in [0, 0.1) is 0 Å². The topological polar surface area (TPSA) is 3.24 Å². The van der Waals surface area contributed by atoms with Gasteiger partial charge in [-0.25, -0.2) is 0 Å². The van der Waals surface area contributed by atoms with Crippen molar-refractivity contribution in [3.8, 4) is 22.3 Å². The maximum absolute atomic E-state index is 2.83. The largest absolute Gasteiger partial charge is 0.336 e. The van der Waals surface area contributed by atoms with E-state index in [0.29, 0.717) is 0 Å². The maximum atomic E-state index is 2.83. The van der Waals surface area contributed by atoms with Crippen LogP contribution < -0.4 is 4.90 Å². The molecule has 0 aromatic heterocycles. The first-order valence-electron chi connectivity index (χ1n) is 26.9. The maximum Gasteiger partial charge on any atom is 0.0419 e. The molecule has 2 aliphatic rings. The molecule has 0 saturated heterocycles. The van der Waals surface area contributed by atoms with E-state index in [4.69, 9.17) is 0 Å². The van der Waals surface area contributed by atoms with Gasteiger partial charge in [-0.3, -0.25) is 0 Å². The van der Waals surface area contributed by atoms with E-state index in [0.717, 1.165) is 12.8 Å². The summed E-state index contributed by atoms with van der Waals surface area (Å²) in [7, 11) is 0. The Hall–Kier alpha value is -3.32. The van der Waals surface area contributed by atoms with Gasteiger partial charge in [0.25, 0.3) is 0 Å². The number of hydrogen-bond acceptors (Lipinski definition) is 1. The summed E-state index contributed by atoms with van der Waals surface area (Å²) in [5.41, 5.74) is 17.0. The van der Waals surface area contributed by atoms with Crippen molar-refractivity contribution in [3.05, 3.63) is 107 Å². The molecule has 4 aromatic carbocycles. The molecule has 0 atom stereocenters. The molecule has 0 amide bonds. The number of fused-ring (bicyclic) bond motifs is 6. The molecule has 1 nitrogen and oxygen atoms in total. The Labute approximate surface area is 388 Å². The van der Waals surface area contributed by atoms with Gasteiger partial charge in [-0.05, 0) is 138 Å². The third-order valence-electron chi connectivity index (χ3n) is 17.3. The van der Waals surface area contributed by atoms with Crippen LogP contribution >= 0.6 is 0 Å². The summed E-state index contributed by atoms with van der Waals surface area (Å²) >= 11 is 0. The van der Waals surface area contributed by atoms with Gasteiger partial charge < -0.3 is 4.90 Å². The number of unbranched alkanes of at least 4 members (excludes halogenated alkanes) is 12. The Morgan fingerprint density at radius 2 is 0.762 bits per heavy atom. The molecule has 0 saturated carbocycles. The molecule has 4 aromatic rings. The van der Waals surface area contributed by atoms with Crippen LogP contribution in [-0.4, -0.2) is 5.54 Å². The average molecular weight is 850 g/mol. The molecule has 0 N–H and O–H groups in total. The Kier molecular flexibility index (Phi) is 17.3. The van der Waals surface area contributed by atoms with E-state index in [-0.39, 0.29) is 21.8 Å². The van der Waals surface area contributed by atoms with Crippen molar-refractivity contribution in [2.75, 3.05) is 4.90 Å². The number of anilines is 2. The average Bonchev–Trinajstić information content (AvgIpc) is 3.74. The molecular weight excluding hydrogens is 759 g/mol. The van der Waals surface area contributed by atoms with E-state index >= 15 is 0 Å². The van der Waals surface area contributed by atoms with Crippen LogP contribution in [0.3, 0.4) is 0 Å². The van der Waals surface area contributed by atoms with Gasteiger partial charge in [0.15, 0.2) is 0 Å². The van der Waals surface area contributed by atoms with Gasteiger partial charge in [-0.15, -0.1) is 0 Å². The Bertz CT molecular complexity index is 2010. The molecule has 0 heterocycles. The van der Waals surface area contributed by atoms with Crippen LogP contribution in [0.1, 0.15) is 251 Å². The summed E-state index contributed by atoms with van der Waals surface area (Å²) in [6.07, 6.45) is 30.4. The van der Waals surface area contributed by atoms with Gasteiger partial charge in [0, 0.05) is 27.7 Å². The molecule has 0 spiro atoms. The first-order chi connectivity index (χ1) is 30.6. The third kappa shape index (κ3) is 9.80. The van der Waals surface area contributed by atoms with E-state index in [9.17, 15) is 0 Å². The monoisotopic (exact) mass is 850 g/mol. The summed E-state index contributed by atoms with van der Waals surface area (Å²) in [5.74, 6) is 0. The summed E-state index contributed by atoms with van der Waals surface area (Å²) in [6.45, 7) is 24.1. The quantitative estimate of drug-likeness (QED) is 0.0515. The van der Waals surface area contributed by atoms with Gasteiger partial charge in [0.05, 0.1) is 0 Å². The molecule has 344 valence electrons. The van der Waals surface area contributed by atoms with Crippen LogP contribution in [0.5, 0.6) is 0 Å². The van der Waals surface area contributed by atoms with E-state index in [2.05, 4.69) is 153 Å². The first kappa shape index (κ1) is 49.1. The van der Waals surface area contributed by atoms with Crippen LogP contribution in [-0.2, 0) is 16.2 Å². The predicted octanol–water partition coefficient (Wildman–Crippen LogP) is 19.9. The number of hydrogen-bond donors (Lipinski definition) is 0. The third-order valence-corrected chi connectivity index (χ3v) is 17.3. The molecule has 0 aliphatic heterocycles. The highest BCUT2D eigenvalue weighted by Gasteiger charge is 2.46. The lowest BCUT2D eigenvalue weighted by molar-refractivity contribution is 0.396. The second-order valence-corrected chi connectivity index (χ2v) is 21.0. The molecule has 63 heavy (non-hydrogen) atoms. The summed E-state index contributed by atoms with van der Waals surface area (Å²) in [6, 6.07) is 32.9. The molecule has 1 heteroatoms. The van der Waals surface area contributed by atoms with Crippen LogP contribution in [0.15, 0.2) is 78.9 Å². The van der Waals surface area contributed by atoms with Gasteiger partial charge in [0.1, 0.15) is 0 Å². The second-order valence-electron chi connectivity index (χ2n) is 21.0. The van der Waals surface area contributed by atoms with Crippen molar-refractivity contribution in [2.24, 2.45) is 0 Å². The number of rotatable bonds is 28. The van der Waals surface area contributed by atoms with Crippen molar-refractivity contribution in [2.45, 2.75) is 245 Å². The Morgan fingerprint density at radius 1 is 0.381 bits per heavy atom. The molecule has 0 fully saturated rings. The highest BCUT2D eigenvalue weighted by Crippen LogP contribution is 2.58. The zero-order valence-corrected chi connectivity index (χ0v) is 42.4. The lowest BCUT2D eigenvalue weighted by Crippen LogP contribution is -2.42. The molecule has 0 radical (unpaired) electrons. The highest BCUT2D eigenvalue weighted by molar-refractivity contribution is 5.86. The smallest absolute Gasteiger partial charge is 0.0419 e. The first-order valence-corrected chi connectivity index (χ1v) is 26.9. The second kappa shape index (κ2) is 22.2. The summed E-state index contributed by atoms with van der Waals surface area (Å²) in [4.78, 5) is 2.83. The minimum Gasteiger partial charge on any atom is -0.336 e. The van der Waals surface area contributed by atoms with Crippen molar-refractivity contribution in [3.63, 3.8) is 0 Å². The fourth-order valence-electron chi connectivity index (χ4n) is 12.3. The molecule has 2 aliphatic carbocycles. The van der Waals surface area contributed by atoms with Gasteiger partial charge >= 0.3 is 0 Å². The van der Waals surface area contributed by atoms with Crippen molar-refractivity contribution >= 4 is 11.4 Å². The molecule has 6 rings (SSSR count). The zero-order chi connectivity index (χ0) is 45.1. The molecular formula is C62H91N. The van der Waals surface area contributed by atoms with Gasteiger partial charge in [-0.1, -0.05) is 220 Å². The lowest BCUT2D eigenvalue weighted by atomic mass is 9.69. The van der Waals surface area contributed by atoms with Crippen LogP contribution in [0.4, 0.5) is 11.4 Å². The summed E-state index contributed by atoms with van der Waals surface area (Å²) in [5, 5.41) is 0. The normalized spacial score (nSPS) is 14.7. The predicted molar refractivity (Wildman–Crippen MR) is 279 cm³/mol. The van der Waals surface area contributed by atoms with E-state index < -0.39 is 0 Å². The summed E-state index contributed by atoms with van der Waals surface area (Å²) < 4.78 is 0. The van der Waals surface area contributed by atoms with Crippen molar-refractivity contribution < 1.29 is 0 Å². The lowest BCUT2D eigenvalue weighted by Gasteiger charge is -2.44. The van der Waals surface area contributed by atoms with E-state index in [1.807, 2.05) is 0 Å². The SMILES string of the molecule is CCCCCCC1(CCCCCC)c2ccccc2-c2ccc(N(c3ccc4c(c3)C(CCCCCC)(CCCCCC)c3cc(C(C)(CC)CC)ccc3-4)C(C)(CC)CC)cc21. The van der Waals surface area contributed by atoms with Crippen molar-refractivity contribution in [1.29, 1.82) is 0 Å². The number of nitrogens with zero attached hydrogens (tertiary/aromatic N) is 1. The fraction of sp³-hybridized carbons (Fsp3) is 0.613. The minimum absolute atomic E-state index is 0.0345. The standard InChI is InChI=1S/C62H91N/c1-11-19-23-29-41-61(42-30-24-20-12-2)55-34-28-27-33-51(55)53-39-36-49(46-57(53)61)63(60(10,17-7)18-8)50-37-40-54-52-38-35-48(59(9,15-5)16-6)45-56(52)62(58(54)47-50,43-31-25-21-13-3)44-32-26-22-14-4/h27-28,33-40,45-47H,11-26,29-32,41-44H2,1-10H3. The molecule has 0 bridgehead atoms. The Morgan fingerprint density at radius 3 is 1.17 bits per heavy atom. The van der Waals surface area contributed by atoms with E-state index in [1.165, 1.54) is 175 Å². The highest BCUT2D eigenvalue weighted by atomic mass is 15.2. The zero-order valence-electron chi connectivity index (χ0n) is 42.4. The fourth-order valence-corrected chi connectivity index (χ4v) is 12.3. The minimum atomic E-state index is -0.0353. The van der Waals surface area contributed by atoms with E-state index in [1.54, 1.807) is 27.8 Å².